The van der Waals surface area contributed by atoms with Crippen LogP contribution in [0.2, 0.25) is 0 Å². The van der Waals surface area contributed by atoms with Crippen molar-refractivity contribution < 1.29 is 18.0 Å². The van der Waals surface area contributed by atoms with Gasteiger partial charge in [-0.1, -0.05) is 25.3 Å². The molecule has 2 N–H and O–H groups in total. The van der Waals surface area contributed by atoms with Gasteiger partial charge in [0.25, 0.3) is 10.0 Å². The Hall–Kier alpha value is -1.45. The number of nitrogens with zero attached hydrogens (tertiary/aromatic N) is 1. The number of thiophene rings is 1. The Morgan fingerprint density at radius 3 is 2.07 bits per heavy atom. The van der Waals surface area contributed by atoms with E-state index in [-0.39, 0.29) is 23.7 Å². The molecule has 1 saturated carbocycles. The first-order valence-electron chi connectivity index (χ1n) is 10.1. The van der Waals surface area contributed by atoms with Crippen molar-refractivity contribution >= 4 is 33.2 Å². The molecule has 2 fully saturated rings. The molecule has 0 unspecified atom stereocenters. The van der Waals surface area contributed by atoms with Crippen LogP contribution in [0, 0.1) is 11.8 Å². The summed E-state index contributed by atoms with van der Waals surface area (Å²) in [7, 11) is -3.44. The van der Waals surface area contributed by atoms with Gasteiger partial charge in [-0.3, -0.25) is 9.59 Å². The molecule has 1 saturated heterocycles. The van der Waals surface area contributed by atoms with Gasteiger partial charge in [0.1, 0.15) is 4.21 Å². The molecule has 0 atom stereocenters. The first-order valence-corrected chi connectivity index (χ1v) is 12.4. The van der Waals surface area contributed by atoms with Crippen molar-refractivity contribution in [2.75, 3.05) is 26.2 Å². The fourth-order valence-electron chi connectivity index (χ4n) is 3.92. The maximum absolute atomic E-state index is 12.5. The smallest absolute Gasteiger partial charge is 0.252 e. The Bertz CT molecular complexity index is 750. The fraction of sp³-hybridized carbons (Fsp3) is 0.684. The highest BCUT2D eigenvalue weighted by Gasteiger charge is 2.32. The van der Waals surface area contributed by atoms with Gasteiger partial charge in [0.2, 0.25) is 11.8 Å². The van der Waals surface area contributed by atoms with Crippen LogP contribution < -0.4 is 10.6 Å². The summed E-state index contributed by atoms with van der Waals surface area (Å²) in [5.41, 5.74) is 0. The number of nitrogens with one attached hydrogen (secondary N) is 2. The number of amides is 2. The molecule has 2 amide bonds. The lowest BCUT2D eigenvalue weighted by Gasteiger charge is -2.30. The summed E-state index contributed by atoms with van der Waals surface area (Å²) < 4.78 is 26.9. The first-order chi connectivity index (χ1) is 13.5. The molecule has 1 aliphatic carbocycles. The molecule has 1 aromatic rings. The molecule has 2 aliphatic rings. The molecule has 3 rings (SSSR count). The molecule has 2 heterocycles. The summed E-state index contributed by atoms with van der Waals surface area (Å²) in [6, 6.07) is 3.34. The van der Waals surface area contributed by atoms with Gasteiger partial charge in [0.15, 0.2) is 0 Å². The van der Waals surface area contributed by atoms with Gasteiger partial charge in [-0.25, -0.2) is 8.42 Å². The zero-order chi connectivity index (χ0) is 20.0. The SMILES string of the molecule is O=C(NCCNC(=O)C1CCN(S(=O)(=O)c2cccs2)CC1)C1CCCCC1. The quantitative estimate of drug-likeness (QED) is 0.650. The van der Waals surface area contributed by atoms with Gasteiger partial charge >= 0.3 is 0 Å². The van der Waals surface area contributed by atoms with Crippen molar-refractivity contribution in [1.29, 1.82) is 0 Å². The van der Waals surface area contributed by atoms with Crippen LogP contribution in [0.5, 0.6) is 0 Å². The van der Waals surface area contributed by atoms with E-state index >= 15 is 0 Å². The zero-order valence-corrected chi connectivity index (χ0v) is 17.7. The number of carbonyl (C=O) groups excluding carboxylic acids is 2. The number of piperidine rings is 1. The predicted molar refractivity (Wildman–Crippen MR) is 108 cm³/mol. The summed E-state index contributed by atoms with van der Waals surface area (Å²) >= 11 is 1.21. The lowest BCUT2D eigenvalue weighted by Crippen LogP contribution is -2.44. The van der Waals surface area contributed by atoms with E-state index < -0.39 is 10.0 Å². The minimum atomic E-state index is -3.44. The molecule has 0 bridgehead atoms. The molecular formula is C19H29N3O4S2. The monoisotopic (exact) mass is 427 g/mol. The predicted octanol–water partition coefficient (Wildman–Crippen LogP) is 1.96. The standard InChI is InChI=1S/C19H29N3O4S2/c23-18(15-5-2-1-3-6-15)20-10-11-21-19(24)16-8-12-22(13-9-16)28(25,26)17-7-4-14-27-17/h4,7,14-16H,1-3,5-6,8-13H2,(H,20,23)(H,21,24). The molecule has 1 aliphatic heterocycles. The molecule has 9 heteroatoms. The third kappa shape index (κ3) is 5.33. The minimum Gasteiger partial charge on any atom is -0.354 e. The van der Waals surface area contributed by atoms with E-state index in [1.165, 1.54) is 22.1 Å². The zero-order valence-electron chi connectivity index (χ0n) is 16.1. The van der Waals surface area contributed by atoms with E-state index in [1.54, 1.807) is 17.5 Å². The van der Waals surface area contributed by atoms with Gasteiger partial charge in [0.05, 0.1) is 0 Å². The van der Waals surface area contributed by atoms with Crippen molar-refractivity contribution in [2.45, 2.75) is 49.2 Å². The average Bonchev–Trinajstić information content (AvgIpc) is 3.27. The lowest BCUT2D eigenvalue weighted by atomic mass is 9.89. The average molecular weight is 428 g/mol. The van der Waals surface area contributed by atoms with Crippen LogP contribution in [0.15, 0.2) is 21.7 Å². The second kappa shape index (κ2) is 9.84. The normalized spacial score (nSPS) is 20.0. The van der Waals surface area contributed by atoms with Crippen LogP contribution in [0.1, 0.15) is 44.9 Å². The Morgan fingerprint density at radius 2 is 1.54 bits per heavy atom. The Kier molecular flexibility index (Phi) is 7.48. The fourth-order valence-corrected chi connectivity index (χ4v) is 6.53. The lowest BCUT2D eigenvalue weighted by molar-refractivity contribution is -0.127. The van der Waals surface area contributed by atoms with E-state index in [4.69, 9.17) is 0 Å². The largest absolute Gasteiger partial charge is 0.354 e. The third-order valence-corrected chi connectivity index (χ3v) is 8.89. The number of sulfonamides is 1. The second-order valence-corrected chi connectivity index (χ2v) is 10.6. The maximum Gasteiger partial charge on any atom is 0.252 e. The summed E-state index contributed by atoms with van der Waals surface area (Å²) in [5, 5.41) is 7.54. The molecule has 28 heavy (non-hydrogen) atoms. The minimum absolute atomic E-state index is 0.0555. The summed E-state index contributed by atoms with van der Waals surface area (Å²) in [5.74, 6) is -0.0102. The summed E-state index contributed by atoms with van der Waals surface area (Å²) in [6.07, 6.45) is 6.42. The number of hydrogen-bond donors (Lipinski definition) is 2. The number of hydrogen-bond acceptors (Lipinski definition) is 5. The van der Waals surface area contributed by atoms with E-state index in [1.807, 2.05) is 0 Å². The molecule has 0 aromatic carbocycles. The van der Waals surface area contributed by atoms with Gasteiger partial charge < -0.3 is 10.6 Å². The van der Waals surface area contributed by atoms with E-state index in [0.717, 1.165) is 25.7 Å². The van der Waals surface area contributed by atoms with E-state index in [9.17, 15) is 18.0 Å². The number of carbonyl (C=O) groups is 2. The van der Waals surface area contributed by atoms with Crippen molar-refractivity contribution in [3.05, 3.63) is 17.5 Å². The van der Waals surface area contributed by atoms with Gasteiger partial charge in [-0.15, -0.1) is 11.3 Å². The van der Waals surface area contributed by atoms with Gasteiger partial charge in [-0.2, -0.15) is 4.31 Å². The molecular weight excluding hydrogens is 398 g/mol. The second-order valence-electron chi connectivity index (χ2n) is 7.53. The Labute approximate surface area is 170 Å². The maximum atomic E-state index is 12.5. The van der Waals surface area contributed by atoms with Gasteiger partial charge in [-0.05, 0) is 37.1 Å². The van der Waals surface area contributed by atoms with Crippen molar-refractivity contribution in [1.82, 2.24) is 14.9 Å². The summed E-state index contributed by atoms with van der Waals surface area (Å²) in [4.78, 5) is 24.4. The third-order valence-electron chi connectivity index (χ3n) is 5.61. The molecule has 0 radical (unpaired) electrons. The van der Waals surface area contributed by atoms with Crippen LogP contribution in [-0.2, 0) is 19.6 Å². The molecule has 7 nitrogen and oxygen atoms in total. The van der Waals surface area contributed by atoms with Crippen LogP contribution in [-0.4, -0.2) is 50.7 Å². The van der Waals surface area contributed by atoms with Gasteiger partial charge in [0, 0.05) is 38.0 Å². The highest BCUT2D eigenvalue weighted by atomic mass is 32.2. The first kappa shape index (κ1) is 21.3. The topological polar surface area (TPSA) is 95.6 Å². The summed E-state index contributed by atoms with van der Waals surface area (Å²) in [6.45, 7) is 1.56. The Balaban J connectivity index is 1.35. The molecule has 156 valence electrons. The van der Waals surface area contributed by atoms with Crippen LogP contribution >= 0.6 is 11.3 Å². The highest BCUT2D eigenvalue weighted by Crippen LogP contribution is 2.26. The van der Waals surface area contributed by atoms with E-state index in [0.29, 0.717) is 43.2 Å². The molecule has 1 aromatic heterocycles. The van der Waals surface area contributed by atoms with Crippen molar-refractivity contribution in [2.24, 2.45) is 11.8 Å². The van der Waals surface area contributed by atoms with Crippen LogP contribution in [0.3, 0.4) is 0 Å². The van der Waals surface area contributed by atoms with Crippen molar-refractivity contribution in [3.8, 4) is 0 Å². The number of rotatable bonds is 7. The van der Waals surface area contributed by atoms with Crippen molar-refractivity contribution in [3.63, 3.8) is 0 Å². The van der Waals surface area contributed by atoms with Crippen LogP contribution in [0.4, 0.5) is 0 Å². The van der Waals surface area contributed by atoms with E-state index in [2.05, 4.69) is 10.6 Å². The molecule has 0 spiro atoms. The highest BCUT2D eigenvalue weighted by molar-refractivity contribution is 7.91. The van der Waals surface area contributed by atoms with Crippen LogP contribution in [0.25, 0.3) is 0 Å². The Morgan fingerprint density at radius 1 is 0.964 bits per heavy atom.